The number of benzene rings is 1. The van der Waals surface area contributed by atoms with Gasteiger partial charge in [0.1, 0.15) is 18.1 Å². The lowest BCUT2D eigenvalue weighted by Gasteiger charge is -2.18. The van der Waals surface area contributed by atoms with Crippen LogP contribution in [0.15, 0.2) is 39.7 Å². The fourth-order valence-electron chi connectivity index (χ4n) is 2.24. The van der Waals surface area contributed by atoms with Gasteiger partial charge < -0.3 is 20.8 Å². The van der Waals surface area contributed by atoms with Crippen molar-refractivity contribution in [2.24, 2.45) is 10.7 Å². The number of nitrogens with zero attached hydrogens (tertiary/aromatic N) is 1. The molecule has 0 aliphatic heterocycles. The number of guanidine groups is 1. The molecule has 1 aromatic carbocycles. The predicted molar refractivity (Wildman–Crippen MR) is 94.7 cm³/mol. The first kappa shape index (κ1) is 18.5. The van der Waals surface area contributed by atoms with Crippen molar-refractivity contribution in [1.82, 2.24) is 10.6 Å². The summed E-state index contributed by atoms with van der Waals surface area (Å²) in [6.45, 7) is 6.52. The monoisotopic (exact) mass is 346 g/mol. The molecule has 4 N–H and O–H groups in total. The Balaban J connectivity index is 2.07. The van der Waals surface area contributed by atoms with Crippen LogP contribution in [0.25, 0.3) is 0 Å². The number of primary amides is 1. The van der Waals surface area contributed by atoms with Crippen molar-refractivity contribution >= 4 is 11.9 Å². The van der Waals surface area contributed by atoms with E-state index in [1.807, 2.05) is 19.9 Å². The van der Waals surface area contributed by atoms with Crippen molar-refractivity contribution in [3.63, 3.8) is 0 Å². The smallest absolute Gasteiger partial charge is 0.284 e. The molecule has 7 heteroatoms. The lowest BCUT2D eigenvalue weighted by Crippen LogP contribution is -2.38. The Kier molecular flexibility index (Phi) is 6.16. The summed E-state index contributed by atoms with van der Waals surface area (Å²) in [4.78, 5) is 15.5. The van der Waals surface area contributed by atoms with Gasteiger partial charge in [-0.2, -0.15) is 0 Å². The standard InChI is InChI=1S/C18H23FN4O2/c1-4-21-18(22-10-14-7-8-16(25-14)17(20)24)23-12(3)13-6-5-11(2)15(19)9-13/h5-9,12H,4,10H2,1-3H3,(H2,20,24)(H2,21,22,23). The van der Waals surface area contributed by atoms with E-state index in [2.05, 4.69) is 15.6 Å². The summed E-state index contributed by atoms with van der Waals surface area (Å²) in [7, 11) is 0. The molecule has 0 bridgehead atoms. The van der Waals surface area contributed by atoms with Crippen molar-refractivity contribution < 1.29 is 13.6 Å². The lowest BCUT2D eigenvalue weighted by atomic mass is 10.1. The molecule has 0 aliphatic carbocycles. The highest BCUT2D eigenvalue weighted by molar-refractivity contribution is 5.89. The first-order valence-corrected chi connectivity index (χ1v) is 8.10. The second-order valence-electron chi connectivity index (χ2n) is 5.70. The third kappa shape index (κ3) is 5.07. The molecule has 1 unspecified atom stereocenters. The number of hydrogen-bond donors (Lipinski definition) is 3. The Morgan fingerprint density at radius 3 is 2.72 bits per heavy atom. The molecule has 1 amide bonds. The summed E-state index contributed by atoms with van der Waals surface area (Å²) < 4.78 is 19.0. The number of aryl methyl sites for hydroxylation is 1. The number of aliphatic imine (C=N–C) groups is 1. The summed E-state index contributed by atoms with van der Waals surface area (Å²) in [5.41, 5.74) is 6.59. The first-order valence-electron chi connectivity index (χ1n) is 8.10. The Hall–Kier alpha value is -2.83. The lowest BCUT2D eigenvalue weighted by molar-refractivity contribution is 0.0972. The molecule has 6 nitrogen and oxygen atoms in total. The molecule has 0 saturated heterocycles. The molecule has 2 aromatic rings. The Bertz CT molecular complexity index is 770. The quantitative estimate of drug-likeness (QED) is 0.554. The number of nitrogens with two attached hydrogens (primary N) is 1. The van der Waals surface area contributed by atoms with Gasteiger partial charge in [0.2, 0.25) is 0 Å². The second-order valence-corrected chi connectivity index (χ2v) is 5.70. The van der Waals surface area contributed by atoms with Crippen molar-refractivity contribution in [1.29, 1.82) is 0 Å². The summed E-state index contributed by atoms with van der Waals surface area (Å²) in [6, 6.07) is 8.19. The van der Waals surface area contributed by atoms with E-state index >= 15 is 0 Å². The average Bonchev–Trinajstić information content (AvgIpc) is 3.04. The highest BCUT2D eigenvalue weighted by Crippen LogP contribution is 2.16. The number of amides is 1. The summed E-state index contributed by atoms with van der Waals surface area (Å²) in [5, 5.41) is 6.34. The van der Waals surface area contributed by atoms with E-state index in [0.29, 0.717) is 23.8 Å². The third-order valence-electron chi connectivity index (χ3n) is 3.69. The van der Waals surface area contributed by atoms with E-state index in [1.165, 1.54) is 12.1 Å². The molecule has 2 rings (SSSR count). The highest BCUT2D eigenvalue weighted by Gasteiger charge is 2.11. The number of halogens is 1. The predicted octanol–water partition coefficient (Wildman–Crippen LogP) is 2.64. The largest absolute Gasteiger partial charge is 0.454 e. The summed E-state index contributed by atoms with van der Waals surface area (Å²) in [6.07, 6.45) is 0. The topological polar surface area (TPSA) is 92.6 Å². The van der Waals surface area contributed by atoms with Crippen molar-refractivity contribution in [3.05, 3.63) is 58.8 Å². The molecule has 0 radical (unpaired) electrons. The minimum Gasteiger partial charge on any atom is -0.454 e. The van der Waals surface area contributed by atoms with Crippen LogP contribution in [0.2, 0.25) is 0 Å². The minimum absolute atomic E-state index is 0.103. The molecule has 0 fully saturated rings. The fraction of sp³-hybridized carbons (Fsp3) is 0.333. The zero-order valence-corrected chi connectivity index (χ0v) is 14.6. The number of hydrogen-bond acceptors (Lipinski definition) is 3. The van der Waals surface area contributed by atoms with Crippen LogP contribution in [-0.2, 0) is 6.54 Å². The zero-order chi connectivity index (χ0) is 18.4. The van der Waals surface area contributed by atoms with E-state index < -0.39 is 5.91 Å². The van der Waals surface area contributed by atoms with Gasteiger partial charge in [-0.1, -0.05) is 12.1 Å². The first-order chi connectivity index (χ1) is 11.9. The summed E-state index contributed by atoms with van der Waals surface area (Å²) in [5.74, 6) is 0.345. The molecule has 1 aromatic heterocycles. The molecule has 25 heavy (non-hydrogen) atoms. The van der Waals surface area contributed by atoms with Crippen molar-refractivity contribution in [2.75, 3.05) is 6.54 Å². The van der Waals surface area contributed by atoms with Gasteiger partial charge in [0.15, 0.2) is 11.7 Å². The molecular formula is C18H23FN4O2. The van der Waals surface area contributed by atoms with Crippen LogP contribution in [0, 0.1) is 12.7 Å². The van der Waals surface area contributed by atoms with Gasteiger partial charge in [-0.3, -0.25) is 4.79 Å². The van der Waals surface area contributed by atoms with E-state index in [9.17, 15) is 9.18 Å². The number of rotatable bonds is 6. The van der Waals surface area contributed by atoms with Gasteiger partial charge in [-0.05, 0) is 50.1 Å². The normalized spacial score (nSPS) is 12.7. The van der Waals surface area contributed by atoms with Crippen LogP contribution in [0.5, 0.6) is 0 Å². The SMILES string of the molecule is CCNC(=NCc1ccc(C(N)=O)o1)NC(C)c1ccc(C)c(F)c1. The van der Waals surface area contributed by atoms with Gasteiger partial charge in [-0.25, -0.2) is 9.38 Å². The van der Waals surface area contributed by atoms with Crippen LogP contribution in [0.3, 0.4) is 0 Å². The number of carbonyl (C=O) groups is 1. The van der Waals surface area contributed by atoms with Gasteiger partial charge in [0.05, 0.1) is 6.04 Å². The van der Waals surface area contributed by atoms with E-state index in [0.717, 1.165) is 5.56 Å². The fourth-order valence-corrected chi connectivity index (χ4v) is 2.24. The molecule has 0 aliphatic rings. The number of furan rings is 1. The van der Waals surface area contributed by atoms with Crippen LogP contribution >= 0.6 is 0 Å². The molecule has 0 spiro atoms. The number of carbonyl (C=O) groups excluding carboxylic acids is 1. The molecule has 1 atom stereocenters. The minimum atomic E-state index is -0.615. The van der Waals surface area contributed by atoms with E-state index in [4.69, 9.17) is 10.2 Å². The zero-order valence-electron chi connectivity index (χ0n) is 14.6. The molecule has 1 heterocycles. The van der Waals surface area contributed by atoms with E-state index in [1.54, 1.807) is 19.1 Å². The van der Waals surface area contributed by atoms with Gasteiger partial charge in [0.25, 0.3) is 5.91 Å². The Morgan fingerprint density at radius 2 is 2.12 bits per heavy atom. The van der Waals surface area contributed by atoms with E-state index in [-0.39, 0.29) is 24.2 Å². The molecule has 0 saturated carbocycles. The van der Waals surface area contributed by atoms with Crippen LogP contribution < -0.4 is 16.4 Å². The maximum atomic E-state index is 13.7. The van der Waals surface area contributed by atoms with Crippen molar-refractivity contribution in [3.8, 4) is 0 Å². The van der Waals surface area contributed by atoms with Gasteiger partial charge >= 0.3 is 0 Å². The molecule has 134 valence electrons. The maximum absolute atomic E-state index is 13.7. The van der Waals surface area contributed by atoms with Crippen LogP contribution in [0.1, 0.15) is 47.3 Å². The summed E-state index contributed by atoms with van der Waals surface area (Å²) >= 11 is 0. The van der Waals surface area contributed by atoms with Crippen molar-refractivity contribution in [2.45, 2.75) is 33.4 Å². The van der Waals surface area contributed by atoms with Crippen LogP contribution in [-0.4, -0.2) is 18.4 Å². The second kappa shape index (κ2) is 8.32. The number of nitrogens with one attached hydrogen (secondary N) is 2. The third-order valence-corrected chi connectivity index (χ3v) is 3.69. The molecular weight excluding hydrogens is 323 g/mol. The Morgan fingerprint density at radius 1 is 1.36 bits per heavy atom. The van der Waals surface area contributed by atoms with Gasteiger partial charge in [0, 0.05) is 6.54 Å². The maximum Gasteiger partial charge on any atom is 0.284 e. The highest BCUT2D eigenvalue weighted by atomic mass is 19.1. The van der Waals surface area contributed by atoms with Gasteiger partial charge in [-0.15, -0.1) is 0 Å². The van der Waals surface area contributed by atoms with Crippen LogP contribution in [0.4, 0.5) is 4.39 Å². The Labute approximate surface area is 146 Å². The average molecular weight is 346 g/mol.